The van der Waals surface area contributed by atoms with E-state index >= 15 is 0 Å². The lowest BCUT2D eigenvalue weighted by Gasteiger charge is -2.07. The SMILES string of the molecule is CCCCNC(=O)c1sc(NC(=O)c2cccc(F)c2)c(C(=O)OCC)c1C. The minimum absolute atomic E-state index is 0.106. The van der Waals surface area contributed by atoms with Gasteiger partial charge in [-0.2, -0.15) is 0 Å². The van der Waals surface area contributed by atoms with Gasteiger partial charge >= 0.3 is 5.97 Å². The lowest BCUT2D eigenvalue weighted by Crippen LogP contribution is -2.24. The lowest BCUT2D eigenvalue weighted by atomic mass is 10.1. The van der Waals surface area contributed by atoms with Crippen LogP contribution in [0, 0.1) is 12.7 Å². The van der Waals surface area contributed by atoms with Gasteiger partial charge in [-0.1, -0.05) is 19.4 Å². The van der Waals surface area contributed by atoms with Gasteiger partial charge in [0.15, 0.2) is 0 Å². The molecular weight excluding hydrogens is 383 g/mol. The van der Waals surface area contributed by atoms with Crippen molar-refractivity contribution in [2.45, 2.75) is 33.6 Å². The molecule has 0 fully saturated rings. The van der Waals surface area contributed by atoms with Crippen LogP contribution in [0.3, 0.4) is 0 Å². The van der Waals surface area contributed by atoms with E-state index in [1.54, 1.807) is 13.8 Å². The Balaban J connectivity index is 2.35. The van der Waals surface area contributed by atoms with E-state index in [1.807, 2.05) is 6.92 Å². The van der Waals surface area contributed by atoms with Gasteiger partial charge in [-0.05, 0) is 44.0 Å². The number of benzene rings is 1. The van der Waals surface area contributed by atoms with Crippen LogP contribution < -0.4 is 10.6 Å². The normalized spacial score (nSPS) is 10.4. The molecule has 0 radical (unpaired) electrons. The molecule has 0 bridgehead atoms. The molecule has 28 heavy (non-hydrogen) atoms. The Bertz CT molecular complexity index is 879. The molecule has 1 aromatic heterocycles. The lowest BCUT2D eigenvalue weighted by molar-refractivity contribution is 0.0527. The van der Waals surface area contributed by atoms with Crippen molar-refractivity contribution in [2.75, 3.05) is 18.5 Å². The topological polar surface area (TPSA) is 84.5 Å². The van der Waals surface area contributed by atoms with Crippen molar-refractivity contribution in [1.29, 1.82) is 0 Å². The van der Waals surface area contributed by atoms with Crippen molar-refractivity contribution in [2.24, 2.45) is 0 Å². The Kier molecular flexibility index (Phi) is 7.69. The van der Waals surface area contributed by atoms with Gasteiger partial charge in [-0.25, -0.2) is 9.18 Å². The first-order valence-corrected chi connectivity index (χ1v) is 9.86. The van der Waals surface area contributed by atoms with Crippen molar-refractivity contribution in [3.05, 3.63) is 51.7 Å². The number of nitrogens with one attached hydrogen (secondary N) is 2. The van der Waals surface area contributed by atoms with Gasteiger partial charge in [-0.3, -0.25) is 9.59 Å². The monoisotopic (exact) mass is 406 g/mol. The zero-order valence-corrected chi connectivity index (χ0v) is 16.9. The molecule has 0 aliphatic heterocycles. The summed E-state index contributed by atoms with van der Waals surface area (Å²) in [5.41, 5.74) is 0.680. The van der Waals surface area contributed by atoms with Crippen LogP contribution in [-0.4, -0.2) is 30.9 Å². The highest BCUT2D eigenvalue weighted by atomic mass is 32.1. The molecule has 150 valence electrons. The highest BCUT2D eigenvalue weighted by Gasteiger charge is 2.26. The summed E-state index contributed by atoms with van der Waals surface area (Å²) in [6, 6.07) is 5.21. The highest BCUT2D eigenvalue weighted by molar-refractivity contribution is 7.18. The third-order valence-corrected chi connectivity index (χ3v) is 5.17. The van der Waals surface area contributed by atoms with Crippen molar-refractivity contribution in [3.8, 4) is 0 Å². The number of halogens is 1. The van der Waals surface area contributed by atoms with E-state index in [0.717, 1.165) is 30.2 Å². The van der Waals surface area contributed by atoms with Gasteiger partial charge in [0.1, 0.15) is 10.8 Å². The molecule has 2 rings (SSSR count). The number of amides is 2. The Morgan fingerprint density at radius 1 is 1.18 bits per heavy atom. The van der Waals surface area contributed by atoms with Crippen LogP contribution in [0.5, 0.6) is 0 Å². The molecule has 0 atom stereocenters. The maximum absolute atomic E-state index is 13.4. The minimum atomic E-state index is -0.626. The van der Waals surface area contributed by atoms with Gasteiger partial charge in [0.25, 0.3) is 11.8 Å². The van der Waals surface area contributed by atoms with E-state index in [-0.39, 0.29) is 28.6 Å². The largest absolute Gasteiger partial charge is 0.462 e. The van der Waals surface area contributed by atoms with E-state index in [4.69, 9.17) is 4.74 Å². The van der Waals surface area contributed by atoms with Crippen LogP contribution in [0.4, 0.5) is 9.39 Å². The number of anilines is 1. The summed E-state index contributed by atoms with van der Waals surface area (Å²) in [6.45, 7) is 6.00. The van der Waals surface area contributed by atoms with Gasteiger partial charge in [0.05, 0.1) is 17.0 Å². The number of rotatable bonds is 8. The predicted molar refractivity (Wildman–Crippen MR) is 107 cm³/mol. The first kappa shape index (κ1) is 21.6. The Hall–Kier alpha value is -2.74. The summed E-state index contributed by atoms with van der Waals surface area (Å²) in [5.74, 6) is -2.06. The second-order valence-corrected chi connectivity index (χ2v) is 7.08. The van der Waals surface area contributed by atoms with Gasteiger partial charge in [-0.15, -0.1) is 11.3 Å². The van der Waals surface area contributed by atoms with E-state index in [1.165, 1.54) is 18.2 Å². The van der Waals surface area contributed by atoms with Crippen molar-refractivity contribution >= 4 is 34.1 Å². The number of thiophene rings is 1. The maximum Gasteiger partial charge on any atom is 0.341 e. The molecule has 2 amide bonds. The highest BCUT2D eigenvalue weighted by Crippen LogP contribution is 2.34. The second-order valence-electron chi connectivity index (χ2n) is 6.05. The smallest absolute Gasteiger partial charge is 0.341 e. The Labute approximate surface area is 167 Å². The fourth-order valence-electron chi connectivity index (χ4n) is 2.53. The first-order chi connectivity index (χ1) is 13.4. The Morgan fingerprint density at radius 3 is 2.57 bits per heavy atom. The molecule has 1 heterocycles. The van der Waals surface area contributed by atoms with Crippen LogP contribution in [0.25, 0.3) is 0 Å². The van der Waals surface area contributed by atoms with Crippen LogP contribution >= 0.6 is 11.3 Å². The fraction of sp³-hybridized carbons (Fsp3) is 0.350. The minimum Gasteiger partial charge on any atom is -0.462 e. The molecule has 6 nitrogen and oxygen atoms in total. The summed E-state index contributed by atoms with van der Waals surface area (Å²) in [6.07, 6.45) is 1.77. The van der Waals surface area contributed by atoms with Crippen molar-refractivity contribution < 1.29 is 23.5 Å². The molecule has 2 N–H and O–H groups in total. The summed E-state index contributed by atoms with van der Waals surface area (Å²) < 4.78 is 18.5. The standard InChI is InChI=1S/C20H23FN2O4S/c1-4-6-10-22-18(25)16-12(3)15(20(26)27-5-2)19(28-16)23-17(24)13-8-7-9-14(21)11-13/h7-9,11H,4-6,10H2,1-3H3,(H,22,25)(H,23,24). The molecule has 0 spiro atoms. The quantitative estimate of drug-likeness (QED) is 0.509. The zero-order valence-electron chi connectivity index (χ0n) is 16.1. The average molecular weight is 406 g/mol. The van der Waals surface area contributed by atoms with E-state index in [0.29, 0.717) is 17.0 Å². The molecule has 1 aromatic carbocycles. The Morgan fingerprint density at radius 2 is 1.93 bits per heavy atom. The van der Waals surface area contributed by atoms with Crippen LogP contribution in [0.2, 0.25) is 0 Å². The number of hydrogen-bond acceptors (Lipinski definition) is 5. The van der Waals surface area contributed by atoms with E-state index < -0.39 is 17.7 Å². The number of esters is 1. The summed E-state index contributed by atoms with van der Waals surface area (Å²) in [5, 5.41) is 5.61. The summed E-state index contributed by atoms with van der Waals surface area (Å²) in [7, 11) is 0. The molecule has 8 heteroatoms. The van der Waals surface area contributed by atoms with Gasteiger partial charge in [0, 0.05) is 12.1 Å². The van der Waals surface area contributed by atoms with Crippen LogP contribution in [-0.2, 0) is 4.74 Å². The average Bonchev–Trinajstić information content (AvgIpc) is 2.98. The summed E-state index contributed by atoms with van der Waals surface area (Å²) in [4.78, 5) is 37.7. The fourth-order valence-corrected chi connectivity index (χ4v) is 3.64. The van der Waals surface area contributed by atoms with Gasteiger partial charge < -0.3 is 15.4 Å². The predicted octanol–water partition coefficient (Wildman–Crippen LogP) is 4.15. The zero-order chi connectivity index (χ0) is 20.7. The van der Waals surface area contributed by atoms with Crippen LogP contribution in [0.1, 0.15) is 62.6 Å². The van der Waals surface area contributed by atoms with Crippen LogP contribution in [0.15, 0.2) is 24.3 Å². The number of carbonyl (C=O) groups excluding carboxylic acids is 3. The van der Waals surface area contributed by atoms with E-state index in [2.05, 4.69) is 10.6 Å². The number of carbonyl (C=O) groups is 3. The molecular formula is C20H23FN2O4S. The molecule has 0 saturated heterocycles. The number of unbranched alkanes of at least 4 members (excludes halogenated alkanes) is 1. The molecule has 2 aromatic rings. The van der Waals surface area contributed by atoms with E-state index in [9.17, 15) is 18.8 Å². The number of ether oxygens (including phenoxy) is 1. The second kappa shape index (κ2) is 9.98. The van der Waals surface area contributed by atoms with Crippen molar-refractivity contribution in [3.63, 3.8) is 0 Å². The molecule has 0 aliphatic rings. The number of hydrogen-bond donors (Lipinski definition) is 2. The first-order valence-electron chi connectivity index (χ1n) is 9.04. The third-order valence-electron chi connectivity index (χ3n) is 3.96. The molecule has 0 saturated carbocycles. The maximum atomic E-state index is 13.4. The van der Waals surface area contributed by atoms with Crippen molar-refractivity contribution in [1.82, 2.24) is 5.32 Å². The molecule has 0 aliphatic carbocycles. The molecule has 0 unspecified atom stereocenters. The third kappa shape index (κ3) is 5.16. The van der Waals surface area contributed by atoms with Gasteiger partial charge in [0.2, 0.25) is 0 Å². The summed E-state index contributed by atoms with van der Waals surface area (Å²) >= 11 is 0.995.